The third-order valence-corrected chi connectivity index (χ3v) is 5.57. The van der Waals surface area contributed by atoms with Crippen LogP contribution in [0.3, 0.4) is 0 Å². The Morgan fingerprint density at radius 3 is 2.43 bits per heavy atom. The summed E-state index contributed by atoms with van der Waals surface area (Å²) in [6.45, 7) is 10.6. The molecule has 1 heterocycles. The lowest BCUT2D eigenvalue weighted by Gasteiger charge is -2.23. The van der Waals surface area contributed by atoms with Gasteiger partial charge in [0.25, 0.3) is 0 Å². The van der Waals surface area contributed by atoms with Gasteiger partial charge >= 0.3 is 6.03 Å². The van der Waals surface area contributed by atoms with E-state index in [1.807, 2.05) is 68.4 Å². The van der Waals surface area contributed by atoms with Gasteiger partial charge in [-0.3, -0.25) is 4.79 Å². The molecular formula is C27H35N5O3. The Kier molecular flexibility index (Phi) is 8.30. The number of para-hydroxylation sites is 1. The summed E-state index contributed by atoms with van der Waals surface area (Å²) < 4.78 is 6.89. The van der Waals surface area contributed by atoms with Gasteiger partial charge in [-0.15, -0.1) is 0 Å². The monoisotopic (exact) mass is 477 g/mol. The molecule has 35 heavy (non-hydrogen) atoms. The van der Waals surface area contributed by atoms with Crippen LogP contribution in [0.2, 0.25) is 0 Å². The Morgan fingerprint density at radius 2 is 1.77 bits per heavy atom. The van der Waals surface area contributed by atoms with Gasteiger partial charge in [-0.05, 0) is 43.2 Å². The SMILES string of the molecule is COCCN(CC(=O)Nc1cc(C(C)(C)C)nn1-c1cccc(C)c1)C(=O)Nc1ccccc1C. The highest BCUT2D eigenvalue weighted by Crippen LogP contribution is 2.26. The highest BCUT2D eigenvalue weighted by molar-refractivity contribution is 5.97. The topological polar surface area (TPSA) is 88.5 Å². The number of carbonyl (C=O) groups is 2. The van der Waals surface area contributed by atoms with Crippen molar-refractivity contribution in [2.24, 2.45) is 0 Å². The first kappa shape index (κ1) is 26.0. The van der Waals surface area contributed by atoms with Crippen LogP contribution in [0.4, 0.5) is 16.3 Å². The van der Waals surface area contributed by atoms with Crippen molar-refractivity contribution in [1.29, 1.82) is 0 Å². The first-order valence-corrected chi connectivity index (χ1v) is 11.7. The average Bonchev–Trinajstić information content (AvgIpc) is 3.22. The van der Waals surface area contributed by atoms with Crippen LogP contribution < -0.4 is 10.6 Å². The molecule has 8 heteroatoms. The second kappa shape index (κ2) is 11.2. The maximum Gasteiger partial charge on any atom is 0.322 e. The number of anilines is 2. The Balaban J connectivity index is 1.82. The fourth-order valence-corrected chi connectivity index (χ4v) is 3.51. The molecule has 3 aromatic rings. The van der Waals surface area contributed by atoms with Crippen LogP contribution in [0.1, 0.15) is 37.6 Å². The lowest BCUT2D eigenvalue weighted by Crippen LogP contribution is -2.42. The molecule has 0 aliphatic rings. The second-order valence-corrected chi connectivity index (χ2v) is 9.62. The van der Waals surface area contributed by atoms with E-state index in [9.17, 15) is 9.59 Å². The van der Waals surface area contributed by atoms with Crippen LogP contribution in [-0.2, 0) is 14.9 Å². The summed E-state index contributed by atoms with van der Waals surface area (Å²) in [5.74, 6) is 0.229. The lowest BCUT2D eigenvalue weighted by molar-refractivity contribution is -0.116. The van der Waals surface area contributed by atoms with Gasteiger partial charge in [0.2, 0.25) is 5.91 Å². The molecule has 3 amide bonds. The minimum Gasteiger partial charge on any atom is -0.383 e. The number of urea groups is 1. The van der Waals surface area contributed by atoms with E-state index in [4.69, 9.17) is 9.84 Å². The number of amides is 3. The summed E-state index contributed by atoms with van der Waals surface area (Å²) in [5, 5.41) is 10.6. The molecule has 0 aliphatic carbocycles. The maximum atomic E-state index is 13.1. The number of aromatic nitrogens is 2. The first-order valence-electron chi connectivity index (χ1n) is 11.7. The lowest BCUT2D eigenvalue weighted by atomic mass is 9.92. The smallest absolute Gasteiger partial charge is 0.322 e. The van der Waals surface area contributed by atoms with Gasteiger partial charge < -0.3 is 20.3 Å². The van der Waals surface area contributed by atoms with E-state index in [2.05, 4.69) is 31.4 Å². The summed E-state index contributed by atoms with van der Waals surface area (Å²) >= 11 is 0. The number of aryl methyl sites for hydroxylation is 2. The van der Waals surface area contributed by atoms with Crippen molar-refractivity contribution < 1.29 is 14.3 Å². The van der Waals surface area contributed by atoms with Crippen molar-refractivity contribution in [3.8, 4) is 5.69 Å². The normalized spacial score (nSPS) is 11.3. The van der Waals surface area contributed by atoms with Gasteiger partial charge in [-0.25, -0.2) is 9.48 Å². The van der Waals surface area contributed by atoms with Gasteiger partial charge in [0, 0.05) is 30.8 Å². The van der Waals surface area contributed by atoms with E-state index < -0.39 is 0 Å². The van der Waals surface area contributed by atoms with Crippen molar-refractivity contribution >= 4 is 23.4 Å². The zero-order valence-electron chi connectivity index (χ0n) is 21.4. The summed E-state index contributed by atoms with van der Waals surface area (Å²) in [7, 11) is 1.56. The fraction of sp³-hybridized carbons (Fsp3) is 0.370. The van der Waals surface area contributed by atoms with Crippen LogP contribution in [0, 0.1) is 13.8 Å². The van der Waals surface area contributed by atoms with Crippen molar-refractivity contribution in [2.45, 2.75) is 40.0 Å². The van der Waals surface area contributed by atoms with Crippen LogP contribution in [0.25, 0.3) is 5.69 Å². The van der Waals surface area contributed by atoms with Gasteiger partial charge in [-0.2, -0.15) is 5.10 Å². The van der Waals surface area contributed by atoms with Gasteiger partial charge in [0.05, 0.1) is 18.0 Å². The first-order chi connectivity index (χ1) is 16.6. The standard InChI is InChI=1S/C27H35N5O3/c1-19-10-9-12-21(16-19)32-24(17-23(30-32)27(3,4)5)29-25(33)18-31(14-15-35-6)26(34)28-22-13-8-7-11-20(22)2/h7-13,16-17H,14-15,18H2,1-6H3,(H,28,34)(H,29,33). The Bertz CT molecular complexity index is 1180. The summed E-state index contributed by atoms with van der Waals surface area (Å²) in [4.78, 5) is 27.5. The fourth-order valence-electron chi connectivity index (χ4n) is 3.51. The molecule has 0 fully saturated rings. The Labute approximate surface area is 207 Å². The quantitative estimate of drug-likeness (QED) is 0.483. The third-order valence-electron chi connectivity index (χ3n) is 5.57. The maximum absolute atomic E-state index is 13.1. The van der Waals surface area contributed by atoms with Gasteiger partial charge in [-0.1, -0.05) is 51.1 Å². The zero-order chi connectivity index (χ0) is 25.6. The van der Waals surface area contributed by atoms with E-state index in [1.54, 1.807) is 11.8 Å². The largest absolute Gasteiger partial charge is 0.383 e. The number of ether oxygens (including phenoxy) is 1. The molecule has 2 aromatic carbocycles. The predicted octanol–water partition coefficient (Wildman–Crippen LogP) is 4.91. The minimum absolute atomic E-state index is 0.134. The predicted molar refractivity (Wildman–Crippen MR) is 139 cm³/mol. The summed E-state index contributed by atoms with van der Waals surface area (Å²) in [6, 6.07) is 16.9. The number of nitrogens with one attached hydrogen (secondary N) is 2. The van der Waals surface area contributed by atoms with Gasteiger partial charge in [0.15, 0.2) is 0 Å². The molecule has 0 spiro atoms. The van der Waals surface area contributed by atoms with E-state index in [-0.39, 0.29) is 30.4 Å². The number of benzene rings is 2. The number of hydrogen-bond acceptors (Lipinski definition) is 4. The third kappa shape index (κ3) is 6.93. The highest BCUT2D eigenvalue weighted by atomic mass is 16.5. The van der Waals surface area contributed by atoms with Crippen LogP contribution >= 0.6 is 0 Å². The van der Waals surface area contributed by atoms with E-state index in [1.165, 1.54) is 4.90 Å². The summed E-state index contributed by atoms with van der Waals surface area (Å²) in [6.07, 6.45) is 0. The van der Waals surface area contributed by atoms with Crippen LogP contribution in [0.5, 0.6) is 0 Å². The minimum atomic E-state index is -0.367. The van der Waals surface area contributed by atoms with Crippen molar-refractivity contribution in [3.63, 3.8) is 0 Å². The number of hydrogen-bond donors (Lipinski definition) is 2. The Hall–Kier alpha value is -3.65. The van der Waals surface area contributed by atoms with Crippen molar-refractivity contribution in [3.05, 3.63) is 71.4 Å². The molecular weight excluding hydrogens is 442 g/mol. The molecule has 1 aromatic heterocycles. The number of carbonyl (C=O) groups excluding carboxylic acids is 2. The molecule has 0 saturated carbocycles. The number of methoxy groups -OCH3 is 1. The molecule has 2 N–H and O–H groups in total. The average molecular weight is 478 g/mol. The van der Waals surface area contributed by atoms with E-state index in [0.717, 1.165) is 22.5 Å². The molecule has 186 valence electrons. The molecule has 0 saturated heterocycles. The molecule has 8 nitrogen and oxygen atoms in total. The number of nitrogens with zero attached hydrogens (tertiary/aromatic N) is 3. The van der Waals surface area contributed by atoms with E-state index in [0.29, 0.717) is 18.1 Å². The zero-order valence-corrected chi connectivity index (χ0v) is 21.4. The Morgan fingerprint density at radius 1 is 1.03 bits per heavy atom. The molecule has 0 bridgehead atoms. The van der Waals surface area contributed by atoms with Crippen molar-refractivity contribution in [1.82, 2.24) is 14.7 Å². The summed E-state index contributed by atoms with van der Waals surface area (Å²) in [5.41, 5.74) is 4.23. The molecule has 0 atom stereocenters. The van der Waals surface area contributed by atoms with E-state index >= 15 is 0 Å². The number of rotatable bonds is 8. The molecule has 3 rings (SSSR count). The molecule has 0 unspecified atom stereocenters. The molecule has 0 radical (unpaired) electrons. The van der Waals surface area contributed by atoms with Gasteiger partial charge in [0.1, 0.15) is 12.4 Å². The van der Waals surface area contributed by atoms with Crippen LogP contribution in [-0.4, -0.2) is 53.4 Å². The van der Waals surface area contributed by atoms with Crippen LogP contribution in [0.15, 0.2) is 54.6 Å². The van der Waals surface area contributed by atoms with Crippen molar-refractivity contribution in [2.75, 3.05) is 37.4 Å². The highest BCUT2D eigenvalue weighted by Gasteiger charge is 2.23. The second-order valence-electron chi connectivity index (χ2n) is 9.62. The molecule has 0 aliphatic heterocycles.